The summed E-state index contributed by atoms with van der Waals surface area (Å²) in [7, 11) is 0. The van der Waals surface area contributed by atoms with Crippen LogP contribution in [0.2, 0.25) is 0 Å². The van der Waals surface area contributed by atoms with Gasteiger partial charge in [-0.1, -0.05) is 56.0 Å². The van der Waals surface area contributed by atoms with Gasteiger partial charge in [0.05, 0.1) is 0 Å². The SMILES string of the molecule is NC(=O)C(CC1CCCC1)CC(CCc1ccccc1O)c1nc2ccccc2o1. The number of amides is 1. The molecule has 1 fully saturated rings. The van der Waals surface area contributed by atoms with E-state index in [0.717, 1.165) is 29.5 Å². The number of aryl methyl sites for hydroxylation is 1. The number of para-hydroxylation sites is 3. The van der Waals surface area contributed by atoms with Gasteiger partial charge in [0.15, 0.2) is 11.5 Å². The molecular formula is C25H30N2O3. The fourth-order valence-electron chi connectivity index (χ4n) is 4.78. The second kappa shape index (κ2) is 9.33. The predicted octanol–water partition coefficient (Wildman–Crippen LogP) is 5.32. The lowest BCUT2D eigenvalue weighted by molar-refractivity contribution is -0.122. The van der Waals surface area contributed by atoms with E-state index in [0.29, 0.717) is 30.4 Å². The summed E-state index contributed by atoms with van der Waals surface area (Å²) < 4.78 is 6.07. The zero-order valence-electron chi connectivity index (χ0n) is 17.3. The van der Waals surface area contributed by atoms with Gasteiger partial charge in [0.2, 0.25) is 5.91 Å². The van der Waals surface area contributed by atoms with Crippen molar-refractivity contribution in [2.75, 3.05) is 0 Å². The molecule has 0 aliphatic heterocycles. The van der Waals surface area contributed by atoms with E-state index < -0.39 is 0 Å². The zero-order valence-corrected chi connectivity index (χ0v) is 17.3. The molecule has 2 unspecified atom stereocenters. The molecule has 4 rings (SSSR count). The number of hydrogen-bond acceptors (Lipinski definition) is 4. The Kier molecular flexibility index (Phi) is 6.36. The molecule has 1 amide bonds. The van der Waals surface area contributed by atoms with Gasteiger partial charge in [0.25, 0.3) is 0 Å². The molecule has 1 aromatic heterocycles. The van der Waals surface area contributed by atoms with Crippen LogP contribution in [0.15, 0.2) is 52.9 Å². The van der Waals surface area contributed by atoms with Gasteiger partial charge >= 0.3 is 0 Å². The molecule has 0 spiro atoms. The number of nitrogens with zero attached hydrogens (tertiary/aromatic N) is 1. The Morgan fingerprint density at radius 2 is 1.87 bits per heavy atom. The molecule has 0 bridgehead atoms. The van der Waals surface area contributed by atoms with Crippen LogP contribution in [0.25, 0.3) is 11.1 Å². The summed E-state index contributed by atoms with van der Waals surface area (Å²) in [6.07, 6.45) is 7.78. The molecule has 1 aliphatic rings. The lowest BCUT2D eigenvalue weighted by atomic mass is 9.83. The summed E-state index contributed by atoms with van der Waals surface area (Å²) in [4.78, 5) is 17.0. The Labute approximate surface area is 177 Å². The smallest absolute Gasteiger partial charge is 0.220 e. The first kappa shape index (κ1) is 20.5. The Bertz CT molecular complexity index is 958. The van der Waals surface area contributed by atoms with Crippen LogP contribution in [0, 0.1) is 11.8 Å². The molecule has 5 nitrogen and oxygen atoms in total. The molecule has 30 heavy (non-hydrogen) atoms. The van der Waals surface area contributed by atoms with Crippen LogP contribution >= 0.6 is 0 Å². The molecule has 1 saturated carbocycles. The molecule has 3 aromatic rings. The lowest BCUT2D eigenvalue weighted by Gasteiger charge is -2.22. The van der Waals surface area contributed by atoms with Crippen molar-refractivity contribution in [1.82, 2.24) is 4.98 Å². The van der Waals surface area contributed by atoms with Crippen LogP contribution in [0.4, 0.5) is 0 Å². The topological polar surface area (TPSA) is 89.4 Å². The third-order valence-electron chi connectivity index (χ3n) is 6.48. The number of nitrogens with two attached hydrogens (primary N) is 1. The van der Waals surface area contributed by atoms with E-state index in [1.165, 1.54) is 25.7 Å². The highest BCUT2D eigenvalue weighted by Gasteiger charge is 2.29. The largest absolute Gasteiger partial charge is 0.508 e. The summed E-state index contributed by atoms with van der Waals surface area (Å²) in [6, 6.07) is 15.1. The number of primary amides is 1. The maximum atomic E-state index is 12.3. The molecule has 0 saturated heterocycles. The van der Waals surface area contributed by atoms with E-state index in [-0.39, 0.29) is 17.7 Å². The first-order valence-electron chi connectivity index (χ1n) is 11.0. The molecule has 1 aliphatic carbocycles. The van der Waals surface area contributed by atoms with Crippen molar-refractivity contribution >= 4 is 17.0 Å². The summed E-state index contributed by atoms with van der Waals surface area (Å²) >= 11 is 0. The number of oxazole rings is 1. The van der Waals surface area contributed by atoms with E-state index in [9.17, 15) is 9.90 Å². The predicted molar refractivity (Wildman–Crippen MR) is 117 cm³/mol. The highest BCUT2D eigenvalue weighted by Crippen LogP contribution is 2.37. The van der Waals surface area contributed by atoms with Crippen LogP contribution in [-0.2, 0) is 11.2 Å². The van der Waals surface area contributed by atoms with Crippen LogP contribution in [-0.4, -0.2) is 16.0 Å². The minimum atomic E-state index is -0.231. The van der Waals surface area contributed by atoms with Crippen molar-refractivity contribution in [2.45, 2.75) is 57.3 Å². The maximum Gasteiger partial charge on any atom is 0.220 e. The van der Waals surface area contributed by atoms with E-state index in [2.05, 4.69) is 0 Å². The number of aromatic hydroxyl groups is 1. The molecule has 5 heteroatoms. The molecule has 3 N–H and O–H groups in total. The summed E-state index contributed by atoms with van der Waals surface area (Å²) in [5, 5.41) is 10.2. The Morgan fingerprint density at radius 3 is 2.60 bits per heavy atom. The van der Waals surface area contributed by atoms with E-state index >= 15 is 0 Å². The number of fused-ring (bicyclic) bond motifs is 1. The van der Waals surface area contributed by atoms with Gasteiger partial charge in [-0.05, 0) is 55.4 Å². The standard InChI is InChI=1S/C25H30N2O3/c26-24(29)20(15-17-7-1-2-8-17)16-19(14-13-18-9-3-5-11-22(18)28)25-27-21-10-4-6-12-23(21)30-25/h3-6,9-12,17,19-20,28H,1-2,7-8,13-16H2,(H2,26,29). The van der Waals surface area contributed by atoms with Crippen LogP contribution in [0.1, 0.15) is 62.3 Å². The lowest BCUT2D eigenvalue weighted by Crippen LogP contribution is -2.27. The van der Waals surface area contributed by atoms with Gasteiger partial charge in [-0.3, -0.25) is 4.79 Å². The van der Waals surface area contributed by atoms with Crippen molar-refractivity contribution in [3.05, 3.63) is 60.0 Å². The number of hydrogen-bond donors (Lipinski definition) is 2. The minimum Gasteiger partial charge on any atom is -0.508 e. The molecular weight excluding hydrogens is 376 g/mol. The van der Waals surface area contributed by atoms with Crippen molar-refractivity contribution in [2.24, 2.45) is 17.6 Å². The average molecular weight is 407 g/mol. The second-order valence-electron chi connectivity index (χ2n) is 8.61. The molecule has 1 heterocycles. The van der Waals surface area contributed by atoms with Crippen LogP contribution < -0.4 is 5.73 Å². The zero-order chi connectivity index (χ0) is 20.9. The number of phenols is 1. The van der Waals surface area contributed by atoms with Gasteiger partial charge in [0.1, 0.15) is 11.3 Å². The third-order valence-corrected chi connectivity index (χ3v) is 6.48. The number of carbonyl (C=O) groups is 1. The fraction of sp³-hybridized carbons (Fsp3) is 0.440. The minimum absolute atomic E-state index is 0.0316. The third kappa shape index (κ3) is 4.84. The van der Waals surface area contributed by atoms with Crippen molar-refractivity contribution in [3.8, 4) is 5.75 Å². The fourth-order valence-corrected chi connectivity index (χ4v) is 4.78. The highest BCUT2D eigenvalue weighted by molar-refractivity contribution is 5.76. The van der Waals surface area contributed by atoms with Gasteiger partial charge in [-0.15, -0.1) is 0 Å². The van der Waals surface area contributed by atoms with E-state index in [1.807, 2.05) is 42.5 Å². The molecule has 2 atom stereocenters. The quantitative estimate of drug-likeness (QED) is 0.503. The van der Waals surface area contributed by atoms with Crippen LogP contribution in [0.3, 0.4) is 0 Å². The van der Waals surface area contributed by atoms with Gasteiger partial charge in [-0.25, -0.2) is 4.98 Å². The van der Waals surface area contributed by atoms with Crippen molar-refractivity contribution in [1.29, 1.82) is 0 Å². The number of phenolic OH excluding ortho intramolecular Hbond substituents is 1. The second-order valence-corrected chi connectivity index (χ2v) is 8.61. The number of benzene rings is 2. The molecule has 158 valence electrons. The Balaban J connectivity index is 1.56. The summed E-state index contributed by atoms with van der Waals surface area (Å²) in [5.74, 6) is 1.10. The van der Waals surface area contributed by atoms with Crippen LogP contribution in [0.5, 0.6) is 5.75 Å². The Hall–Kier alpha value is -2.82. The van der Waals surface area contributed by atoms with E-state index in [4.69, 9.17) is 15.1 Å². The van der Waals surface area contributed by atoms with Gasteiger partial charge in [-0.2, -0.15) is 0 Å². The highest BCUT2D eigenvalue weighted by atomic mass is 16.3. The number of rotatable bonds is 9. The summed E-state index contributed by atoms with van der Waals surface area (Å²) in [6.45, 7) is 0. The first-order valence-corrected chi connectivity index (χ1v) is 11.0. The first-order chi connectivity index (χ1) is 14.6. The number of carbonyl (C=O) groups excluding carboxylic acids is 1. The van der Waals surface area contributed by atoms with Crippen molar-refractivity contribution in [3.63, 3.8) is 0 Å². The average Bonchev–Trinajstić information content (AvgIpc) is 3.40. The van der Waals surface area contributed by atoms with Crippen molar-refractivity contribution < 1.29 is 14.3 Å². The molecule has 2 aromatic carbocycles. The summed E-state index contributed by atoms with van der Waals surface area (Å²) in [5.41, 5.74) is 8.29. The Morgan fingerprint density at radius 1 is 1.13 bits per heavy atom. The molecule has 0 radical (unpaired) electrons. The number of aromatic nitrogens is 1. The normalized spacial score (nSPS) is 16.7. The van der Waals surface area contributed by atoms with Gasteiger partial charge in [0, 0.05) is 11.8 Å². The maximum absolute atomic E-state index is 12.3. The monoisotopic (exact) mass is 406 g/mol. The van der Waals surface area contributed by atoms with E-state index in [1.54, 1.807) is 6.07 Å². The van der Waals surface area contributed by atoms with Gasteiger partial charge < -0.3 is 15.3 Å².